The van der Waals surface area contributed by atoms with Crippen LogP contribution in [0.1, 0.15) is 29.6 Å². The van der Waals surface area contributed by atoms with Gasteiger partial charge in [0.05, 0.1) is 5.92 Å². The molecule has 1 fully saturated rings. The molecule has 0 radical (unpaired) electrons. The van der Waals surface area contributed by atoms with Crippen LogP contribution in [0, 0.1) is 11.8 Å². The predicted molar refractivity (Wildman–Crippen MR) is 115 cm³/mol. The number of benzene rings is 2. The molecule has 6 nitrogen and oxygen atoms in total. The Bertz CT molecular complexity index is 1070. The van der Waals surface area contributed by atoms with Crippen molar-refractivity contribution in [3.05, 3.63) is 71.5 Å². The Hall–Kier alpha value is -3.25. The summed E-state index contributed by atoms with van der Waals surface area (Å²) in [6, 6.07) is 14.4. The first-order valence-electron chi connectivity index (χ1n) is 9.73. The number of nitrogens with one attached hydrogen (secondary N) is 1. The Balaban J connectivity index is 1.46. The molecule has 2 unspecified atom stereocenters. The number of carbonyl (C=O) groups is 2. The van der Waals surface area contributed by atoms with Crippen LogP contribution in [-0.4, -0.2) is 26.8 Å². The van der Waals surface area contributed by atoms with Crippen LogP contribution in [0.25, 0.3) is 11.1 Å². The van der Waals surface area contributed by atoms with Gasteiger partial charge in [0.15, 0.2) is 5.78 Å². The van der Waals surface area contributed by atoms with Gasteiger partial charge in [-0.25, -0.2) is 9.97 Å². The number of Topliss-reactive ketones (excluding diaryl/α,β-unsaturated/α-hetero) is 1. The van der Waals surface area contributed by atoms with E-state index in [9.17, 15) is 14.7 Å². The molecule has 0 saturated heterocycles. The average Bonchev–Trinajstić information content (AvgIpc) is 3.24. The maximum absolute atomic E-state index is 12.7. The Morgan fingerprint density at radius 2 is 1.67 bits per heavy atom. The molecule has 1 saturated carbocycles. The molecule has 1 aliphatic rings. The van der Waals surface area contributed by atoms with Crippen molar-refractivity contribution in [2.75, 3.05) is 5.32 Å². The van der Waals surface area contributed by atoms with Crippen molar-refractivity contribution in [3.8, 4) is 11.1 Å². The highest BCUT2D eigenvalue weighted by atomic mass is 35.5. The first-order valence-corrected chi connectivity index (χ1v) is 10.1. The Morgan fingerprint density at radius 3 is 2.33 bits per heavy atom. The fourth-order valence-electron chi connectivity index (χ4n) is 3.85. The highest BCUT2D eigenvalue weighted by Crippen LogP contribution is 2.34. The summed E-state index contributed by atoms with van der Waals surface area (Å²) in [6.07, 6.45) is 5.38. The number of hydrogen-bond donors (Lipinski definition) is 2. The Kier molecular flexibility index (Phi) is 5.77. The molecule has 2 atom stereocenters. The molecule has 152 valence electrons. The molecule has 4 rings (SSSR count). The van der Waals surface area contributed by atoms with Crippen LogP contribution in [-0.2, 0) is 4.79 Å². The second kappa shape index (κ2) is 8.63. The van der Waals surface area contributed by atoms with Gasteiger partial charge >= 0.3 is 5.97 Å². The molecule has 0 bridgehead atoms. The normalized spacial score (nSPS) is 18.2. The molecule has 7 heteroatoms. The molecule has 1 heterocycles. The number of hydrogen-bond acceptors (Lipinski definition) is 5. The number of carboxylic acids is 1. The number of aliphatic carboxylic acids is 1. The van der Waals surface area contributed by atoms with E-state index in [-0.39, 0.29) is 5.78 Å². The summed E-state index contributed by atoms with van der Waals surface area (Å²) in [5.74, 6) is -1.54. The van der Waals surface area contributed by atoms with Crippen LogP contribution in [0.4, 0.5) is 11.6 Å². The van der Waals surface area contributed by atoms with E-state index in [1.807, 2.05) is 24.3 Å². The summed E-state index contributed by atoms with van der Waals surface area (Å²) < 4.78 is 0. The largest absolute Gasteiger partial charge is 0.481 e. The molecule has 0 spiro atoms. The summed E-state index contributed by atoms with van der Waals surface area (Å²) in [5, 5.41) is 13.0. The zero-order valence-corrected chi connectivity index (χ0v) is 16.8. The van der Waals surface area contributed by atoms with E-state index in [0.717, 1.165) is 23.2 Å². The van der Waals surface area contributed by atoms with Gasteiger partial charge in [-0.05, 0) is 36.6 Å². The third-order valence-corrected chi connectivity index (χ3v) is 5.64. The number of ketones is 1. The van der Waals surface area contributed by atoms with E-state index < -0.39 is 17.8 Å². The van der Waals surface area contributed by atoms with E-state index >= 15 is 0 Å². The van der Waals surface area contributed by atoms with Crippen LogP contribution in [0.15, 0.2) is 60.9 Å². The van der Waals surface area contributed by atoms with Crippen molar-refractivity contribution >= 4 is 35.0 Å². The molecule has 2 aromatic carbocycles. The third-order valence-electron chi connectivity index (χ3n) is 5.41. The molecule has 1 aromatic heterocycles. The lowest BCUT2D eigenvalue weighted by Gasteiger charge is -2.14. The summed E-state index contributed by atoms with van der Waals surface area (Å²) in [6.45, 7) is 0. The van der Waals surface area contributed by atoms with Gasteiger partial charge in [-0.15, -0.1) is 0 Å². The van der Waals surface area contributed by atoms with Gasteiger partial charge in [-0.1, -0.05) is 48.4 Å². The van der Waals surface area contributed by atoms with Crippen LogP contribution >= 0.6 is 11.6 Å². The Labute approximate surface area is 179 Å². The lowest BCUT2D eigenvalue weighted by Crippen LogP contribution is -2.25. The maximum Gasteiger partial charge on any atom is 0.307 e. The average molecular weight is 422 g/mol. The SMILES string of the molecule is O=C(O)C1CCCC1C(=O)c1ccc(-c2cnc(Nc3cccc(Cl)c3)nc2)cc1. The zero-order chi connectivity index (χ0) is 21.1. The summed E-state index contributed by atoms with van der Waals surface area (Å²) >= 11 is 5.98. The molecule has 0 amide bonds. The van der Waals surface area contributed by atoms with Gasteiger partial charge in [0.1, 0.15) is 0 Å². The third kappa shape index (κ3) is 4.33. The number of anilines is 2. The van der Waals surface area contributed by atoms with Gasteiger partial charge in [0.25, 0.3) is 0 Å². The van der Waals surface area contributed by atoms with Gasteiger partial charge < -0.3 is 10.4 Å². The lowest BCUT2D eigenvalue weighted by atomic mass is 9.88. The van der Waals surface area contributed by atoms with E-state index in [1.54, 1.807) is 36.7 Å². The standard InChI is InChI=1S/C23H20ClN3O3/c24-17-3-1-4-18(11-17)27-23-25-12-16(13-26-23)14-7-9-15(10-8-14)21(28)19-5-2-6-20(19)22(29)30/h1,3-4,7-13,19-20H,2,5-6H2,(H,29,30)(H,25,26,27). The predicted octanol–water partition coefficient (Wildman–Crippen LogP) is 5.22. The van der Waals surface area contributed by atoms with Crippen LogP contribution in [0.2, 0.25) is 5.02 Å². The number of nitrogens with zero attached hydrogens (tertiary/aromatic N) is 2. The van der Waals surface area contributed by atoms with Gasteiger partial charge in [0.2, 0.25) is 5.95 Å². The number of carbonyl (C=O) groups excluding carboxylic acids is 1. The molecule has 2 N–H and O–H groups in total. The van der Waals surface area contributed by atoms with E-state index in [4.69, 9.17) is 11.6 Å². The highest BCUT2D eigenvalue weighted by Gasteiger charge is 2.37. The minimum Gasteiger partial charge on any atom is -0.481 e. The first kappa shape index (κ1) is 20.0. The van der Waals surface area contributed by atoms with E-state index in [0.29, 0.717) is 29.4 Å². The van der Waals surface area contributed by atoms with Crippen molar-refractivity contribution in [2.24, 2.45) is 11.8 Å². The van der Waals surface area contributed by atoms with Gasteiger partial charge in [-0.3, -0.25) is 9.59 Å². The van der Waals surface area contributed by atoms with Crippen LogP contribution < -0.4 is 5.32 Å². The van der Waals surface area contributed by atoms with Crippen molar-refractivity contribution in [2.45, 2.75) is 19.3 Å². The maximum atomic E-state index is 12.7. The fraction of sp³-hybridized carbons (Fsp3) is 0.217. The van der Waals surface area contributed by atoms with Gasteiger partial charge in [-0.2, -0.15) is 0 Å². The number of rotatable bonds is 6. The topological polar surface area (TPSA) is 92.2 Å². The van der Waals surface area contributed by atoms with Crippen molar-refractivity contribution in [1.82, 2.24) is 9.97 Å². The molecule has 3 aromatic rings. The summed E-state index contributed by atoms with van der Waals surface area (Å²) in [5.41, 5.74) is 3.03. The fourth-order valence-corrected chi connectivity index (χ4v) is 4.04. The van der Waals surface area contributed by atoms with Gasteiger partial charge in [0, 0.05) is 40.1 Å². The summed E-state index contributed by atoms with van der Waals surface area (Å²) in [4.78, 5) is 32.8. The van der Waals surface area contributed by atoms with Crippen molar-refractivity contribution in [3.63, 3.8) is 0 Å². The molecule has 0 aliphatic heterocycles. The lowest BCUT2D eigenvalue weighted by molar-refractivity contribution is -0.142. The van der Waals surface area contributed by atoms with Crippen LogP contribution in [0.5, 0.6) is 0 Å². The highest BCUT2D eigenvalue weighted by molar-refractivity contribution is 6.30. The van der Waals surface area contributed by atoms with Crippen molar-refractivity contribution in [1.29, 1.82) is 0 Å². The molecule has 1 aliphatic carbocycles. The quantitative estimate of drug-likeness (QED) is 0.530. The first-order chi connectivity index (χ1) is 14.5. The summed E-state index contributed by atoms with van der Waals surface area (Å²) in [7, 11) is 0. The minimum absolute atomic E-state index is 0.0937. The van der Waals surface area contributed by atoms with Crippen molar-refractivity contribution < 1.29 is 14.7 Å². The molecular formula is C23H20ClN3O3. The van der Waals surface area contributed by atoms with E-state index in [2.05, 4.69) is 15.3 Å². The van der Waals surface area contributed by atoms with E-state index in [1.165, 1.54) is 0 Å². The number of aromatic nitrogens is 2. The Morgan fingerprint density at radius 1 is 0.967 bits per heavy atom. The molecular weight excluding hydrogens is 402 g/mol. The molecule has 30 heavy (non-hydrogen) atoms. The zero-order valence-electron chi connectivity index (χ0n) is 16.1. The minimum atomic E-state index is -0.883. The monoisotopic (exact) mass is 421 g/mol. The smallest absolute Gasteiger partial charge is 0.307 e. The number of halogens is 1. The number of carboxylic acid groups (broad SMARTS) is 1. The van der Waals surface area contributed by atoms with Crippen LogP contribution in [0.3, 0.4) is 0 Å². The second-order valence-corrected chi connectivity index (χ2v) is 7.79. The second-order valence-electron chi connectivity index (χ2n) is 7.35.